The van der Waals surface area contributed by atoms with Crippen LogP contribution in [0.5, 0.6) is 0 Å². The minimum Gasteiger partial charge on any atom is -0.385 e. The van der Waals surface area contributed by atoms with Crippen LogP contribution in [0.4, 0.5) is 5.69 Å². The fraction of sp³-hybridized carbons (Fsp3) is 0.312. The number of ether oxygens (including phenoxy) is 1. The molecule has 1 heterocycles. The molecule has 0 aliphatic rings. The highest BCUT2D eigenvalue weighted by Gasteiger charge is 2.22. The van der Waals surface area contributed by atoms with Crippen LogP contribution in [-0.2, 0) is 14.8 Å². The number of sulfonamides is 1. The predicted octanol–water partition coefficient (Wildman–Crippen LogP) is 2.34. The number of anilines is 1. The van der Waals surface area contributed by atoms with Crippen molar-refractivity contribution in [2.24, 2.45) is 0 Å². The molecule has 130 valence electrons. The van der Waals surface area contributed by atoms with Crippen molar-refractivity contribution >= 4 is 33.0 Å². The van der Waals surface area contributed by atoms with Crippen molar-refractivity contribution in [2.45, 2.75) is 10.6 Å². The number of carbonyl (C=O) groups excluding carboxylic acids is 1. The third-order valence-electron chi connectivity index (χ3n) is 3.41. The van der Waals surface area contributed by atoms with Crippen LogP contribution in [-0.4, -0.2) is 41.6 Å². The summed E-state index contributed by atoms with van der Waals surface area (Å²) in [7, 11) is -0.458. The molecule has 2 aromatic rings. The summed E-state index contributed by atoms with van der Waals surface area (Å²) < 4.78 is 31.3. The minimum atomic E-state index is -3.56. The largest absolute Gasteiger partial charge is 0.385 e. The zero-order chi connectivity index (χ0) is 17.6. The second-order valence-electron chi connectivity index (χ2n) is 5.05. The Labute approximate surface area is 146 Å². The van der Waals surface area contributed by atoms with Crippen LogP contribution in [0.3, 0.4) is 0 Å². The average Bonchev–Trinajstić information content (AvgIpc) is 3.13. The summed E-state index contributed by atoms with van der Waals surface area (Å²) >= 11 is 1.17. The fourth-order valence-electron chi connectivity index (χ4n) is 2.03. The first-order chi connectivity index (χ1) is 11.5. The van der Waals surface area contributed by atoms with Crippen LogP contribution in [0.1, 0.15) is 16.8 Å². The second kappa shape index (κ2) is 8.27. The van der Waals surface area contributed by atoms with Crippen LogP contribution >= 0.6 is 11.3 Å². The minimum absolute atomic E-state index is 0.193. The molecule has 2 rings (SSSR count). The van der Waals surface area contributed by atoms with E-state index in [-0.39, 0.29) is 10.1 Å². The van der Waals surface area contributed by atoms with Gasteiger partial charge in [-0.2, -0.15) is 0 Å². The molecule has 0 bridgehead atoms. The number of hydrogen-bond acceptors (Lipinski definition) is 5. The van der Waals surface area contributed by atoms with Gasteiger partial charge in [0.15, 0.2) is 0 Å². The lowest BCUT2D eigenvalue weighted by Gasteiger charge is -2.18. The number of thiophene rings is 1. The first-order valence-electron chi connectivity index (χ1n) is 7.36. The lowest BCUT2D eigenvalue weighted by Crippen LogP contribution is -2.27. The summed E-state index contributed by atoms with van der Waals surface area (Å²) in [5.74, 6) is -0.193. The maximum Gasteiger partial charge on any atom is 0.273 e. The molecule has 0 unspecified atom stereocenters. The van der Waals surface area contributed by atoms with Crippen molar-refractivity contribution in [3.05, 3.63) is 47.3 Å². The molecule has 1 amide bonds. The van der Waals surface area contributed by atoms with Crippen LogP contribution in [0.2, 0.25) is 0 Å². The molecule has 8 heteroatoms. The summed E-state index contributed by atoms with van der Waals surface area (Å²) in [5, 5.41) is 4.51. The number of nitrogens with zero attached hydrogens (tertiary/aromatic N) is 1. The van der Waals surface area contributed by atoms with E-state index in [0.29, 0.717) is 24.4 Å². The maximum absolute atomic E-state index is 12.5. The predicted molar refractivity (Wildman–Crippen MR) is 95.2 cm³/mol. The molecule has 0 radical (unpaired) electrons. The summed E-state index contributed by atoms with van der Waals surface area (Å²) in [4.78, 5) is 12.0. The number of hydrogen-bond donors (Lipinski definition) is 1. The van der Waals surface area contributed by atoms with Gasteiger partial charge in [0.2, 0.25) is 0 Å². The normalized spacial score (nSPS) is 11.2. The Bertz CT molecular complexity index is 756. The topological polar surface area (TPSA) is 75.7 Å². The van der Waals surface area contributed by atoms with Crippen LogP contribution < -0.4 is 9.62 Å². The van der Waals surface area contributed by atoms with Gasteiger partial charge in [-0.3, -0.25) is 9.10 Å². The van der Waals surface area contributed by atoms with Gasteiger partial charge in [0.25, 0.3) is 15.9 Å². The van der Waals surface area contributed by atoms with Crippen molar-refractivity contribution in [3.63, 3.8) is 0 Å². The van der Waals surface area contributed by atoms with Crippen molar-refractivity contribution in [1.82, 2.24) is 5.32 Å². The van der Waals surface area contributed by atoms with Gasteiger partial charge in [-0.05, 0) is 42.1 Å². The lowest BCUT2D eigenvalue weighted by atomic mass is 10.2. The van der Waals surface area contributed by atoms with Crippen molar-refractivity contribution in [3.8, 4) is 0 Å². The molecule has 0 saturated heterocycles. The Kier molecular flexibility index (Phi) is 6.36. The number of carbonyl (C=O) groups is 1. The zero-order valence-electron chi connectivity index (χ0n) is 13.6. The molecule has 0 atom stereocenters. The van der Waals surface area contributed by atoms with Crippen LogP contribution in [0.15, 0.2) is 46.0 Å². The quantitative estimate of drug-likeness (QED) is 0.726. The molecular formula is C16H20N2O4S2. The second-order valence-corrected chi connectivity index (χ2v) is 8.20. The summed E-state index contributed by atoms with van der Waals surface area (Å²) in [5.41, 5.74) is 0.984. The van der Waals surface area contributed by atoms with E-state index >= 15 is 0 Å². The highest BCUT2D eigenvalue weighted by molar-refractivity contribution is 7.94. The van der Waals surface area contributed by atoms with E-state index in [1.807, 2.05) is 0 Å². The first-order valence-corrected chi connectivity index (χ1v) is 9.68. The molecule has 24 heavy (non-hydrogen) atoms. The smallest absolute Gasteiger partial charge is 0.273 e. The van der Waals surface area contributed by atoms with Crippen molar-refractivity contribution in [1.29, 1.82) is 0 Å². The summed E-state index contributed by atoms with van der Waals surface area (Å²) in [6.07, 6.45) is 0.738. The Balaban J connectivity index is 2.05. The number of nitrogens with one attached hydrogen (secondary N) is 1. The van der Waals surface area contributed by atoms with Crippen LogP contribution in [0, 0.1) is 0 Å². The summed E-state index contributed by atoms with van der Waals surface area (Å²) in [6.45, 7) is 1.12. The van der Waals surface area contributed by atoms with E-state index in [4.69, 9.17) is 4.74 Å². The van der Waals surface area contributed by atoms with Gasteiger partial charge in [0.05, 0.1) is 5.69 Å². The number of methoxy groups -OCH3 is 1. The fourth-order valence-corrected chi connectivity index (χ4v) is 4.38. The number of benzene rings is 1. The Hall–Kier alpha value is -1.90. The van der Waals surface area contributed by atoms with Gasteiger partial charge in [0, 0.05) is 32.9 Å². The highest BCUT2D eigenvalue weighted by atomic mass is 32.2. The Morgan fingerprint density at radius 3 is 2.54 bits per heavy atom. The number of amides is 1. The molecule has 0 aliphatic carbocycles. The highest BCUT2D eigenvalue weighted by Crippen LogP contribution is 2.25. The Morgan fingerprint density at radius 2 is 1.96 bits per heavy atom. The van der Waals surface area contributed by atoms with E-state index in [0.717, 1.165) is 6.42 Å². The molecule has 0 fully saturated rings. The molecular weight excluding hydrogens is 348 g/mol. The van der Waals surface area contributed by atoms with Gasteiger partial charge in [-0.25, -0.2) is 8.42 Å². The molecule has 1 aromatic carbocycles. The van der Waals surface area contributed by atoms with E-state index < -0.39 is 10.0 Å². The Morgan fingerprint density at radius 1 is 1.25 bits per heavy atom. The monoisotopic (exact) mass is 368 g/mol. The standard InChI is InChI=1S/C16H20N2O4S2/c1-18(24(20,21)15-5-3-12-23-15)14-8-6-13(7-9-14)16(19)17-10-4-11-22-2/h3,5-9,12H,4,10-11H2,1-2H3,(H,17,19). The molecule has 0 spiro atoms. The average molecular weight is 368 g/mol. The third-order valence-corrected chi connectivity index (χ3v) is 6.57. The summed E-state index contributed by atoms with van der Waals surface area (Å²) in [6, 6.07) is 9.73. The lowest BCUT2D eigenvalue weighted by molar-refractivity contribution is 0.0948. The van der Waals surface area contributed by atoms with E-state index in [1.54, 1.807) is 48.9 Å². The molecule has 0 saturated carbocycles. The molecule has 1 N–H and O–H groups in total. The first kappa shape index (κ1) is 18.4. The van der Waals surface area contributed by atoms with E-state index in [2.05, 4.69) is 5.32 Å². The van der Waals surface area contributed by atoms with Crippen molar-refractivity contribution < 1.29 is 17.9 Å². The van der Waals surface area contributed by atoms with Crippen LogP contribution in [0.25, 0.3) is 0 Å². The SMILES string of the molecule is COCCCNC(=O)c1ccc(N(C)S(=O)(=O)c2cccs2)cc1. The van der Waals surface area contributed by atoms with Crippen molar-refractivity contribution in [2.75, 3.05) is 31.6 Å². The van der Waals surface area contributed by atoms with E-state index in [9.17, 15) is 13.2 Å². The van der Waals surface area contributed by atoms with Gasteiger partial charge in [-0.1, -0.05) is 6.07 Å². The third kappa shape index (κ3) is 4.34. The maximum atomic E-state index is 12.5. The van der Waals surface area contributed by atoms with Gasteiger partial charge < -0.3 is 10.1 Å². The molecule has 1 aromatic heterocycles. The van der Waals surface area contributed by atoms with Gasteiger partial charge in [-0.15, -0.1) is 11.3 Å². The molecule has 6 nitrogen and oxygen atoms in total. The van der Waals surface area contributed by atoms with Gasteiger partial charge in [0.1, 0.15) is 4.21 Å². The van der Waals surface area contributed by atoms with Gasteiger partial charge >= 0.3 is 0 Å². The number of rotatable bonds is 8. The molecule has 0 aliphatic heterocycles. The van der Waals surface area contributed by atoms with E-state index in [1.165, 1.54) is 22.7 Å². The zero-order valence-corrected chi connectivity index (χ0v) is 15.2.